The maximum atomic E-state index is 12.6. The molecule has 37 heavy (non-hydrogen) atoms. The molecule has 3 aromatic rings. The van der Waals surface area contributed by atoms with Crippen molar-refractivity contribution in [3.05, 3.63) is 93.6 Å². The molecule has 6 nitrogen and oxygen atoms in total. The fourth-order valence-corrected chi connectivity index (χ4v) is 5.67. The van der Waals surface area contributed by atoms with E-state index in [4.69, 9.17) is 23.2 Å². The Bertz CT molecular complexity index is 1170. The number of pyridine rings is 1. The van der Waals surface area contributed by atoms with E-state index in [0.29, 0.717) is 23.2 Å². The molecule has 0 radical (unpaired) electrons. The molecule has 1 aromatic heterocycles. The molecular formula is C29H33Cl2N5O. The molecule has 0 unspecified atom stereocenters. The van der Waals surface area contributed by atoms with Crippen LogP contribution in [-0.4, -0.2) is 66.0 Å². The smallest absolute Gasteiger partial charge is 0.253 e. The van der Waals surface area contributed by atoms with Gasteiger partial charge in [-0.05, 0) is 55.3 Å². The number of rotatable bonds is 7. The number of benzene rings is 2. The van der Waals surface area contributed by atoms with Crippen molar-refractivity contribution in [2.75, 3.05) is 44.2 Å². The Kier molecular flexibility index (Phi) is 8.62. The predicted molar refractivity (Wildman–Crippen MR) is 150 cm³/mol. The molecule has 2 fully saturated rings. The molecule has 2 aliphatic rings. The minimum Gasteiger partial charge on any atom is -0.353 e. The highest BCUT2D eigenvalue weighted by atomic mass is 35.5. The van der Waals surface area contributed by atoms with Crippen LogP contribution in [0.5, 0.6) is 0 Å². The summed E-state index contributed by atoms with van der Waals surface area (Å²) in [6.45, 7) is 7.47. The maximum Gasteiger partial charge on any atom is 0.253 e. The van der Waals surface area contributed by atoms with E-state index in [1.54, 1.807) is 12.3 Å². The number of nitrogens with zero attached hydrogens (tertiary/aromatic N) is 4. The second kappa shape index (κ2) is 12.3. The van der Waals surface area contributed by atoms with Crippen molar-refractivity contribution in [1.82, 2.24) is 20.1 Å². The molecule has 2 aromatic carbocycles. The van der Waals surface area contributed by atoms with E-state index in [2.05, 4.69) is 37.1 Å². The van der Waals surface area contributed by atoms with Gasteiger partial charge in [0.25, 0.3) is 5.91 Å². The number of halogens is 2. The summed E-state index contributed by atoms with van der Waals surface area (Å²) in [6, 6.07) is 20.4. The van der Waals surface area contributed by atoms with Gasteiger partial charge in [0.2, 0.25) is 0 Å². The fraction of sp³-hybridized carbons (Fsp3) is 0.379. The van der Waals surface area contributed by atoms with Crippen molar-refractivity contribution in [3.8, 4) is 0 Å². The first kappa shape index (κ1) is 26.0. The number of aromatic nitrogens is 1. The first-order chi connectivity index (χ1) is 18.0. The van der Waals surface area contributed by atoms with Crippen LogP contribution in [0.4, 0.5) is 5.82 Å². The van der Waals surface area contributed by atoms with E-state index in [-0.39, 0.29) is 5.91 Å². The largest absolute Gasteiger partial charge is 0.353 e. The van der Waals surface area contributed by atoms with Crippen LogP contribution in [0.3, 0.4) is 0 Å². The van der Waals surface area contributed by atoms with Gasteiger partial charge in [0.05, 0.1) is 10.6 Å². The Labute approximate surface area is 229 Å². The third-order valence-corrected chi connectivity index (χ3v) is 7.92. The summed E-state index contributed by atoms with van der Waals surface area (Å²) < 4.78 is 0. The third-order valence-electron chi connectivity index (χ3n) is 7.39. The van der Waals surface area contributed by atoms with Crippen molar-refractivity contribution < 1.29 is 4.79 Å². The summed E-state index contributed by atoms with van der Waals surface area (Å²) in [4.78, 5) is 24.5. The van der Waals surface area contributed by atoms with E-state index in [1.165, 1.54) is 18.4 Å². The highest BCUT2D eigenvalue weighted by molar-refractivity contribution is 6.33. The SMILES string of the molecule is O=C(NCc1ccccc1)c1cnc(N2CCN(C3CCN(Cc4ccc(Cl)cc4)CC3)CC2)c(Cl)c1. The van der Waals surface area contributed by atoms with Gasteiger partial charge in [-0.2, -0.15) is 0 Å². The van der Waals surface area contributed by atoms with Gasteiger partial charge in [-0.1, -0.05) is 65.7 Å². The number of nitrogens with one attached hydrogen (secondary N) is 1. The number of likely N-dealkylation sites (tertiary alicyclic amines) is 1. The molecular weight excluding hydrogens is 505 g/mol. The lowest BCUT2D eigenvalue weighted by Gasteiger charge is -2.43. The van der Waals surface area contributed by atoms with Crippen LogP contribution < -0.4 is 10.2 Å². The first-order valence-electron chi connectivity index (χ1n) is 13.0. The molecule has 1 N–H and O–H groups in total. The van der Waals surface area contributed by atoms with E-state index in [1.807, 2.05) is 42.5 Å². The van der Waals surface area contributed by atoms with Gasteiger partial charge in [-0.25, -0.2) is 4.98 Å². The van der Waals surface area contributed by atoms with E-state index in [0.717, 1.165) is 62.2 Å². The zero-order valence-corrected chi connectivity index (χ0v) is 22.5. The second-order valence-corrected chi connectivity index (χ2v) is 10.7. The number of amides is 1. The Hall–Kier alpha value is -2.64. The molecule has 1 amide bonds. The number of carbonyl (C=O) groups excluding carboxylic acids is 1. The molecule has 2 aliphatic heterocycles. The summed E-state index contributed by atoms with van der Waals surface area (Å²) in [5.41, 5.74) is 2.85. The third kappa shape index (κ3) is 6.82. The average Bonchev–Trinajstić information content (AvgIpc) is 2.94. The lowest BCUT2D eigenvalue weighted by Crippen LogP contribution is -2.53. The summed E-state index contributed by atoms with van der Waals surface area (Å²) in [7, 11) is 0. The minimum absolute atomic E-state index is 0.169. The topological polar surface area (TPSA) is 51.7 Å². The summed E-state index contributed by atoms with van der Waals surface area (Å²) >= 11 is 12.6. The normalized spacial score (nSPS) is 17.6. The van der Waals surface area contributed by atoms with Gasteiger partial charge in [0.1, 0.15) is 5.82 Å². The van der Waals surface area contributed by atoms with Crippen LogP contribution in [0.1, 0.15) is 34.3 Å². The van der Waals surface area contributed by atoms with Gasteiger partial charge in [0, 0.05) is 56.5 Å². The summed E-state index contributed by atoms with van der Waals surface area (Å²) in [5, 5.41) is 4.25. The molecule has 0 atom stereocenters. The molecule has 8 heteroatoms. The Morgan fingerprint density at radius 3 is 2.27 bits per heavy atom. The molecule has 194 valence electrons. The Balaban J connectivity index is 1.08. The highest BCUT2D eigenvalue weighted by Crippen LogP contribution is 2.27. The van der Waals surface area contributed by atoms with Gasteiger partial charge < -0.3 is 10.2 Å². The van der Waals surface area contributed by atoms with Gasteiger partial charge in [0.15, 0.2) is 0 Å². The number of piperidine rings is 1. The molecule has 0 aliphatic carbocycles. The standard InChI is InChI=1S/C29H33Cl2N5O/c30-25-8-6-23(7-9-25)21-34-12-10-26(11-13-34)35-14-16-36(17-15-35)28-27(31)18-24(20-32-28)29(37)33-19-22-4-2-1-3-5-22/h1-9,18,20,26H,10-17,19,21H2,(H,33,37). The van der Waals surface area contributed by atoms with Crippen LogP contribution in [0.2, 0.25) is 10.0 Å². The van der Waals surface area contributed by atoms with Crippen molar-refractivity contribution in [2.45, 2.75) is 32.0 Å². The number of piperazine rings is 1. The second-order valence-electron chi connectivity index (χ2n) is 9.85. The van der Waals surface area contributed by atoms with Crippen molar-refractivity contribution in [1.29, 1.82) is 0 Å². The van der Waals surface area contributed by atoms with E-state index < -0.39 is 0 Å². The quantitative estimate of drug-likeness (QED) is 0.454. The highest BCUT2D eigenvalue weighted by Gasteiger charge is 2.28. The van der Waals surface area contributed by atoms with Crippen molar-refractivity contribution >= 4 is 34.9 Å². The van der Waals surface area contributed by atoms with Crippen molar-refractivity contribution in [3.63, 3.8) is 0 Å². The first-order valence-corrected chi connectivity index (χ1v) is 13.7. The molecule has 2 saturated heterocycles. The fourth-order valence-electron chi connectivity index (χ4n) is 5.26. The minimum atomic E-state index is -0.169. The zero-order valence-electron chi connectivity index (χ0n) is 21.0. The van der Waals surface area contributed by atoms with Gasteiger partial charge in [-0.3, -0.25) is 14.6 Å². The van der Waals surface area contributed by atoms with Crippen LogP contribution in [-0.2, 0) is 13.1 Å². The predicted octanol–water partition coefficient (Wildman–Crippen LogP) is 5.11. The monoisotopic (exact) mass is 537 g/mol. The maximum absolute atomic E-state index is 12.6. The lowest BCUT2D eigenvalue weighted by molar-refractivity contribution is 0.0950. The Morgan fingerprint density at radius 2 is 1.59 bits per heavy atom. The molecule has 0 bridgehead atoms. The molecule has 3 heterocycles. The van der Waals surface area contributed by atoms with Crippen molar-refractivity contribution in [2.24, 2.45) is 0 Å². The van der Waals surface area contributed by atoms with Crippen LogP contribution >= 0.6 is 23.2 Å². The van der Waals surface area contributed by atoms with Crippen LogP contribution in [0, 0.1) is 0 Å². The molecule has 0 saturated carbocycles. The number of hydrogen-bond acceptors (Lipinski definition) is 5. The zero-order chi connectivity index (χ0) is 25.6. The molecule has 0 spiro atoms. The summed E-state index contributed by atoms with van der Waals surface area (Å²) in [6.07, 6.45) is 4.02. The number of hydrogen-bond donors (Lipinski definition) is 1. The lowest BCUT2D eigenvalue weighted by atomic mass is 10.0. The average molecular weight is 539 g/mol. The molecule has 5 rings (SSSR count). The van der Waals surface area contributed by atoms with Crippen LogP contribution in [0.25, 0.3) is 0 Å². The van der Waals surface area contributed by atoms with E-state index >= 15 is 0 Å². The number of anilines is 1. The van der Waals surface area contributed by atoms with Crippen LogP contribution in [0.15, 0.2) is 66.9 Å². The Morgan fingerprint density at radius 1 is 0.892 bits per heavy atom. The van der Waals surface area contributed by atoms with Gasteiger partial charge >= 0.3 is 0 Å². The van der Waals surface area contributed by atoms with E-state index in [9.17, 15) is 4.79 Å². The summed E-state index contributed by atoms with van der Waals surface area (Å²) in [5.74, 6) is 0.593. The van der Waals surface area contributed by atoms with Gasteiger partial charge in [-0.15, -0.1) is 0 Å². The number of carbonyl (C=O) groups is 1.